The zero-order chi connectivity index (χ0) is 18.7. The van der Waals surface area contributed by atoms with Crippen molar-refractivity contribution < 1.29 is 19.1 Å². The normalized spacial score (nSPS) is 12.4. The van der Waals surface area contributed by atoms with E-state index in [0.717, 1.165) is 11.3 Å². The second-order valence-electron chi connectivity index (χ2n) is 5.82. The van der Waals surface area contributed by atoms with Crippen LogP contribution in [0.25, 0.3) is 10.2 Å². The number of hydrogen-bond acceptors (Lipinski definition) is 7. The van der Waals surface area contributed by atoms with E-state index in [0.29, 0.717) is 27.1 Å². The molecule has 0 aliphatic heterocycles. The molecule has 25 heavy (non-hydrogen) atoms. The van der Waals surface area contributed by atoms with Crippen molar-refractivity contribution in [2.24, 2.45) is 0 Å². The van der Waals surface area contributed by atoms with Crippen LogP contribution in [-0.2, 0) is 14.3 Å². The van der Waals surface area contributed by atoms with Gasteiger partial charge in [0.1, 0.15) is 15.7 Å². The van der Waals surface area contributed by atoms with Crippen molar-refractivity contribution in [1.82, 2.24) is 9.55 Å². The Morgan fingerprint density at radius 1 is 1.32 bits per heavy atom. The maximum absolute atomic E-state index is 12.9. The Hall–Kier alpha value is -2.22. The van der Waals surface area contributed by atoms with Gasteiger partial charge < -0.3 is 9.47 Å². The molecule has 0 radical (unpaired) electrons. The molecule has 2 rings (SSSR count). The number of nitrogens with zero attached hydrogens (tertiary/aromatic N) is 2. The fourth-order valence-electron chi connectivity index (χ4n) is 2.54. The first kappa shape index (κ1) is 19.1. The number of ether oxygens (including phenoxy) is 2. The predicted octanol–water partition coefficient (Wildman–Crippen LogP) is 2.85. The quantitative estimate of drug-likeness (QED) is 0.731. The molecule has 1 atom stereocenters. The van der Waals surface area contributed by atoms with E-state index < -0.39 is 18.0 Å². The van der Waals surface area contributed by atoms with Crippen LogP contribution in [-0.4, -0.2) is 34.2 Å². The van der Waals surface area contributed by atoms with Gasteiger partial charge in [0.15, 0.2) is 0 Å². The summed E-state index contributed by atoms with van der Waals surface area (Å²) in [6.07, 6.45) is 1.46. The summed E-state index contributed by atoms with van der Waals surface area (Å²) in [7, 11) is 0. The molecule has 0 fully saturated rings. The summed E-state index contributed by atoms with van der Waals surface area (Å²) < 4.78 is 11.5. The third-order valence-electron chi connectivity index (χ3n) is 3.68. The number of hydrogen-bond donors (Lipinski definition) is 0. The topological polar surface area (TPSA) is 87.5 Å². The minimum absolute atomic E-state index is 0.253. The van der Waals surface area contributed by atoms with Crippen molar-refractivity contribution >= 4 is 33.5 Å². The number of carbonyl (C=O) groups excluding carboxylic acids is 2. The van der Waals surface area contributed by atoms with E-state index in [1.807, 2.05) is 0 Å². The lowest BCUT2D eigenvalue weighted by atomic mass is 10.2. The van der Waals surface area contributed by atoms with Crippen LogP contribution in [0.15, 0.2) is 11.1 Å². The molecule has 0 aliphatic rings. The van der Waals surface area contributed by atoms with Crippen LogP contribution in [0.3, 0.4) is 0 Å². The van der Waals surface area contributed by atoms with Crippen molar-refractivity contribution in [1.29, 1.82) is 0 Å². The standard InChI is InChI=1S/C17H22N2O5S/c1-6-11(16(21)24-9(3)4)19-8-18-14-12(15(19)20)10(5)13(25-14)17(22)23-7-2/h8-9,11H,6-7H2,1-5H3/t11-/m0/s1. The Bertz CT molecular complexity index is 853. The lowest BCUT2D eigenvalue weighted by Crippen LogP contribution is -2.32. The van der Waals surface area contributed by atoms with E-state index in [1.165, 1.54) is 10.9 Å². The monoisotopic (exact) mass is 366 g/mol. The van der Waals surface area contributed by atoms with Crippen LogP contribution in [0.5, 0.6) is 0 Å². The molecule has 0 N–H and O–H groups in total. The van der Waals surface area contributed by atoms with Crippen molar-refractivity contribution in [2.75, 3.05) is 6.61 Å². The van der Waals surface area contributed by atoms with Gasteiger partial charge in [0.05, 0.1) is 24.4 Å². The highest BCUT2D eigenvalue weighted by molar-refractivity contribution is 7.20. The van der Waals surface area contributed by atoms with E-state index in [-0.39, 0.29) is 18.3 Å². The molecule has 0 aromatic carbocycles. The van der Waals surface area contributed by atoms with Gasteiger partial charge in [0, 0.05) is 0 Å². The third kappa shape index (κ3) is 3.73. The minimum atomic E-state index is -0.753. The molecule has 0 bridgehead atoms. The number of carbonyl (C=O) groups is 2. The van der Waals surface area contributed by atoms with Crippen LogP contribution in [0, 0.1) is 6.92 Å². The zero-order valence-electron chi connectivity index (χ0n) is 15.0. The third-order valence-corrected chi connectivity index (χ3v) is 4.86. The highest BCUT2D eigenvalue weighted by Gasteiger charge is 2.26. The lowest BCUT2D eigenvalue weighted by Gasteiger charge is -2.18. The molecule has 0 saturated carbocycles. The van der Waals surface area contributed by atoms with Crippen LogP contribution in [0.4, 0.5) is 0 Å². The molecule has 7 nitrogen and oxygen atoms in total. The van der Waals surface area contributed by atoms with E-state index in [2.05, 4.69) is 4.98 Å². The second-order valence-corrected chi connectivity index (χ2v) is 6.82. The average Bonchev–Trinajstić information content (AvgIpc) is 2.87. The van der Waals surface area contributed by atoms with Gasteiger partial charge in [0.2, 0.25) is 0 Å². The number of esters is 2. The summed E-state index contributed by atoms with van der Waals surface area (Å²) in [6, 6.07) is -0.753. The summed E-state index contributed by atoms with van der Waals surface area (Å²) in [4.78, 5) is 42.3. The fourth-order valence-corrected chi connectivity index (χ4v) is 3.57. The summed E-state index contributed by atoms with van der Waals surface area (Å²) in [5, 5.41) is 0.339. The highest BCUT2D eigenvalue weighted by atomic mass is 32.1. The van der Waals surface area contributed by atoms with E-state index in [9.17, 15) is 14.4 Å². The van der Waals surface area contributed by atoms with Crippen molar-refractivity contribution in [2.45, 2.75) is 53.2 Å². The summed E-state index contributed by atoms with van der Waals surface area (Å²) >= 11 is 1.12. The van der Waals surface area contributed by atoms with Crippen molar-refractivity contribution in [3.8, 4) is 0 Å². The molecular formula is C17H22N2O5S. The van der Waals surface area contributed by atoms with Gasteiger partial charge >= 0.3 is 11.9 Å². The molecule has 8 heteroatoms. The second kappa shape index (κ2) is 7.77. The van der Waals surface area contributed by atoms with Crippen molar-refractivity contribution in [3.63, 3.8) is 0 Å². The molecule has 2 heterocycles. The number of aryl methyl sites for hydroxylation is 1. The molecule has 0 spiro atoms. The lowest BCUT2D eigenvalue weighted by molar-refractivity contribution is -0.151. The zero-order valence-corrected chi connectivity index (χ0v) is 15.8. The maximum atomic E-state index is 12.9. The van der Waals surface area contributed by atoms with E-state index in [4.69, 9.17) is 9.47 Å². The summed E-state index contributed by atoms with van der Waals surface area (Å²) in [5.74, 6) is -0.945. The molecule has 0 aliphatic carbocycles. The van der Waals surface area contributed by atoms with Crippen LogP contribution in [0.2, 0.25) is 0 Å². The van der Waals surface area contributed by atoms with Gasteiger partial charge in [-0.25, -0.2) is 14.6 Å². The Morgan fingerprint density at radius 3 is 2.56 bits per heavy atom. The molecular weight excluding hydrogens is 344 g/mol. The van der Waals surface area contributed by atoms with Gasteiger partial charge in [0.25, 0.3) is 5.56 Å². The predicted molar refractivity (Wildman–Crippen MR) is 95.1 cm³/mol. The van der Waals surface area contributed by atoms with Gasteiger partial charge in [-0.3, -0.25) is 9.36 Å². The Morgan fingerprint density at radius 2 is 2.00 bits per heavy atom. The average molecular weight is 366 g/mol. The number of thiophene rings is 1. The van der Waals surface area contributed by atoms with E-state index >= 15 is 0 Å². The molecule has 2 aromatic rings. The first-order valence-corrected chi connectivity index (χ1v) is 9.01. The van der Waals surface area contributed by atoms with Crippen molar-refractivity contribution in [3.05, 3.63) is 27.1 Å². The smallest absolute Gasteiger partial charge is 0.348 e. The maximum Gasteiger partial charge on any atom is 0.348 e. The Kier molecular flexibility index (Phi) is 5.94. The molecule has 2 aromatic heterocycles. The minimum Gasteiger partial charge on any atom is -0.462 e. The van der Waals surface area contributed by atoms with Gasteiger partial charge in [-0.1, -0.05) is 6.92 Å². The SMILES string of the molecule is CCOC(=O)c1sc2ncn([C@@H](CC)C(=O)OC(C)C)c(=O)c2c1C. The summed E-state index contributed by atoms with van der Waals surface area (Å²) in [5.41, 5.74) is 0.166. The highest BCUT2D eigenvalue weighted by Crippen LogP contribution is 2.28. The van der Waals surface area contributed by atoms with Gasteiger partial charge in [-0.2, -0.15) is 0 Å². The van der Waals surface area contributed by atoms with Gasteiger partial charge in [-0.15, -0.1) is 11.3 Å². The fraction of sp³-hybridized carbons (Fsp3) is 0.529. The van der Waals surface area contributed by atoms with E-state index in [1.54, 1.807) is 34.6 Å². The Balaban J connectivity index is 2.55. The summed E-state index contributed by atoms with van der Waals surface area (Å²) in [6.45, 7) is 8.97. The number of rotatable bonds is 6. The van der Waals surface area contributed by atoms with Crippen LogP contribution < -0.4 is 5.56 Å². The number of aromatic nitrogens is 2. The first-order chi connectivity index (χ1) is 11.8. The van der Waals surface area contributed by atoms with Crippen LogP contribution in [0.1, 0.15) is 55.4 Å². The molecule has 0 amide bonds. The van der Waals surface area contributed by atoms with Crippen LogP contribution >= 0.6 is 11.3 Å². The largest absolute Gasteiger partial charge is 0.462 e. The van der Waals surface area contributed by atoms with Gasteiger partial charge in [-0.05, 0) is 39.7 Å². The molecule has 0 unspecified atom stereocenters. The molecule has 0 saturated heterocycles. The Labute approximate surface area is 149 Å². The number of fused-ring (bicyclic) bond motifs is 1. The first-order valence-electron chi connectivity index (χ1n) is 8.19. The molecule has 136 valence electrons.